The van der Waals surface area contributed by atoms with E-state index in [0.29, 0.717) is 24.4 Å². The number of nitrogens with two attached hydrogens (primary N) is 1. The first-order valence-corrected chi connectivity index (χ1v) is 5.68. The van der Waals surface area contributed by atoms with Crippen molar-refractivity contribution in [3.63, 3.8) is 0 Å². The Morgan fingerprint density at radius 1 is 1.56 bits per heavy atom. The minimum absolute atomic E-state index is 0.209. The summed E-state index contributed by atoms with van der Waals surface area (Å²) in [5.74, 6) is 0.631. The minimum atomic E-state index is -0.226. The predicted molar refractivity (Wildman–Crippen MR) is 68.1 cm³/mol. The van der Waals surface area contributed by atoms with E-state index in [1.807, 2.05) is 6.07 Å². The lowest BCUT2D eigenvalue weighted by Gasteiger charge is -2.14. The maximum Gasteiger partial charge on any atom is 0.240 e. The van der Waals surface area contributed by atoms with E-state index >= 15 is 0 Å². The summed E-state index contributed by atoms with van der Waals surface area (Å²) < 4.78 is 5.35. The molecule has 18 heavy (non-hydrogen) atoms. The maximum absolute atomic E-state index is 11.7. The molecule has 0 atom stereocenters. The number of aryl methyl sites for hydroxylation is 1. The monoisotopic (exact) mass is 250 g/mol. The van der Waals surface area contributed by atoms with Gasteiger partial charge in [-0.1, -0.05) is 0 Å². The number of furan rings is 1. The number of anilines is 1. The minimum Gasteiger partial charge on any atom is -0.444 e. The second-order valence-corrected chi connectivity index (χ2v) is 4.17. The second kappa shape index (κ2) is 6.19. The highest BCUT2D eigenvalue weighted by atomic mass is 16.4. The molecule has 0 unspecified atom stereocenters. The molecule has 1 amide bonds. The molecule has 6 nitrogen and oxygen atoms in total. The summed E-state index contributed by atoms with van der Waals surface area (Å²) in [6.07, 6.45) is 0. The number of hydrogen-bond donors (Lipinski definition) is 2. The summed E-state index contributed by atoms with van der Waals surface area (Å²) in [7, 11) is 1.80. The molecule has 0 saturated carbocycles. The first-order valence-electron chi connectivity index (χ1n) is 5.68. The van der Waals surface area contributed by atoms with Gasteiger partial charge in [0, 0.05) is 18.7 Å². The Bertz CT molecular complexity index is 473. The number of hydrogen-bond acceptors (Lipinski definition) is 5. The van der Waals surface area contributed by atoms with Crippen molar-refractivity contribution in [2.24, 2.45) is 5.73 Å². The molecule has 1 aromatic heterocycles. The van der Waals surface area contributed by atoms with Crippen LogP contribution in [0.3, 0.4) is 0 Å². The largest absolute Gasteiger partial charge is 0.444 e. The molecule has 6 heteroatoms. The molecule has 0 spiro atoms. The predicted octanol–water partition coefficient (Wildman–Crippen LogP) is 0.597. The van der Waals surface area contributed by atoms with Gasteiger partial charge in [-0.25, -0.2) is 0 Å². The van der Waals surface area contributed by atoms with Crippen LogP contribution in [0.1, 0.15) is 16.9 Å². The maximum atomic E-state index is 11.7. The van der Waals surface area contributed by atoms with Gasteiger partial charge in [0.2, 0.25) is 11.8 Å². The molecule has 1 heterocycles. The van der Waals surface area contributed by atoms with Crippen molar-refractivity contribution in [3.05, 3.63) is 16.9 Å². The molecular formula is C12H18N4O2. The van der Waals surface area contributed by atoms with Crippen molar-refractivity contribution in [2.75, 3.05) is 32.0 Å². The summed E-state index contributed by atoms with van der Waals surface area (Å²) in [5.41, 5.74) is 6.52. The van der Waals surface area contributed by atoms with E-state index in [4.69, 9.17) is 15.4 Å². The third-order valence-corrected chi connectivity index (χ3v) is 2.67. The molecule has 3 N–H and O–H groups in total. The number of nitriles is 1. The van der Waals surface area contributed by atoms with Gasteiger partial charge in [0.15, 0.2) is 0 Å². The fourth-order valence-corrected chi connectivity index (χ4v) is 1.56. The fourth-order valence-electron chi connectivity index (χ4n) is 1.56. The second-order valence-electron chi connectivity index (χ2n) is 4.17. The highest BCUT2D eigenvalue weighted by Gasteiger charge is 2.17. The van der Waals surface area contributed by atoms with Crippen molar-refractivity contribution in [3.8, 4) is 6.07 Å². The Hall–Kier alpha value is -1.84. The Morgan fingerprint density at radius 2 is 2.22 bits per heavy atom. The average Bonchev–Trinajstić information content (AvgIpc) is 2.54. The van der Waals surface area contributed by atoms with Gasteiger partial charge in [0.05, 0.1) is 6.54 Å². The van der Waals surface area contributed by atoms with E-state index in [9.17, 15) is 4.79 Å². The van der Waals surface area contributed by atoms with Gasteiger partial charge in [-0.05, 0) is 20.9 Å². The molecule has 0 aromatic carbocycles. The number of carbonyl (C=O) groups is 1. The molecule has 1 rings (SSSR count). The van der Waals surface area contributed by atoms with Crippen LogP contribution in [0.2, 0.25) is 0 Å². The Labute approximate surface area is 106 Å². The van der Waals surface area contributed by atoms with Gasteiger partial charge in [0.25, 0.3) is 0 Å². The lowest BCUT2D eigenvalue weighted by atomic mass is 10.2. The third-order valence-electron chi connectivity index (χ3n) is 2.67. The van der Waals surface area contributed by atoms with E-state index in [1.165, 1.54) is 0 Å². The lowest BCUT2D eigenvalue weighted by Crippen LogP contribution is -2.33. The van der Waals surface area contributed by atoms with E-state index in [2.05, 4.69) is 5.32 Å². The van der Waals surface area contributed by atoms with Crippen molar-refractivity contribution < 1.29 is 9.21 Å². The number of likely N-dealkylation sites (N-methyl/N-ethyl adjacent to an activating group) is 1. The smallest absolute Gasteiger partial charge is 0.240 e. The molecule has 0 aliphatic heterocycles. The Kier molecular flexibility index (Phi) is 4.89. The van der Waals surface area contributed by atoms with Crippen LogP contribution in [0.5, 0.6) is 0 Å². The fraction of sp³-hybridized carbons (Fsp3) is 0.500. The normalized spacial score (nSPS) is 10.4. The number of carbonyl (C=O) groups excluding carboxylic acids is 1. The topological polar surface area (TPSA) is 95.3 Å². The SMILES string of the molecule is Cc1oc(NC(=O)CN(C)CCN)c(C#N)c1C. The van der Waals surface area contributed by atoms with Gasteiger partial charge < -0.3 is 10.2 Å². The van der Waals surface area contributed by atoms with E-state index in [0.717, 1.165) is 5.56 Å². The molecule has 98 valence electrons. The molecule has 0 bridgehead atoms. The van der Waals surface area contributed by atoms with E-state index in [-0.39, 0.29) is 18.3 Å². The van der Waals surface area contributed by atoms with Crippen LogP contribution in [-0.4, -0.2) is 37.5 Å². The van der Waals surface area contributed by atoms with Crippen molar-refractivity contribution in [1.82, 2.24) is 4.90 Å². The Balaban J connectivity index is 2.71. The number of nitrogens with one attached hydrogen (secondary N) is 1. The van der Waals surface area contributed by atoms with Crippen LogP contribution >= 0.6 is 0 Å². The van der Waals surface area contributed by atoms with Crippen molar-refractivity contribution in [2.45, 2.75) is 13.8 Å². The molecule has 1 aromatic rings. The van der Waals surface area contributed by atoms with Crippen LogP contribution in [0.15, 0.2) is 4.42 Å². The molecule has 0 aliphatic carbocycles. The van der Waals surface area contributed by atoms with Crippen LogP contribution < -0.4 is 11.1 Å². The molecule has 0 fully saturated rings. The average molecular weight is 250 g/mol. The number of nitrogens with zero attached hydrogens (tertiary/aromatic N) is 2. The van der Waals surface area contributed by atoms with Crippen molar-refractivity contribution >= 4 is 11.8 Å². The van der Waals surface area contributed by atoms with Gasteiger partial charge in [0.1, 0.15) is 17.4 Å². The first kappa shape index (κ1) is 14.2. The molecule has 0 saturated heterocycles. The summed E-state index contributed by atoms with van der Waals surface area (Å²) >= 11 is 0. The first-order chi connectivity index (χ1) is 8.49. The van der Waals surface area contributed by atoms with E-state index < -0.39 is 0 Å². The summed E-state index contributed by atoms with van der Waals surface area (Å²) in [6, 6.07) is 2.03. The zero-order valence-corrected chi connectivity index (χ0v) is 10.9. The third kappa shape index (κ3) is 3.32. The zero-order valence-electron chi connectivity index (χ0n) is 10.9. The van der Waals surface area contributed by atoms with Gasteiger partial charge >= 0.3 is 0 Å². The Morgan fingerprint density at radius 3 is 2.78 bits per heavy atom. The van der Waals surface area contributed by atoms with Gasteiger partial charge in [-0.15, -0.1) is 0 Å². The van der Waals surface area contributed by atoms with Crippen LogP contribution in [0, 0.1) is 25.2 Å². The zero-order chi connectivity index (χ0) is 13.7. The highest BCUT2D eigenvalue weighted by Crippen LogP contribution is 2.25. The van der Waals surface area contributed by atoms with Gasteiger partial charge in [-0.3, -0.25) is 15.0 Å². The van der Waals surface area contributed by atoms with E-state index in [1.54, 1.807) is 25.8 Å². The molecule has 0 aliphatic rings. The molecule has 0 radical (unpaired) electrons. The van der Waals surface area contributed by atoms with Crippen LogP contribution in [-0.2, 0) is 4.79 Å². The standard InChI is InChI=1S/C12H18N4O2/c1-8-9(2)18-12(10(8)6-14)15-11(17)7-16(3)5-4-13/h4-5,7,13H2,1-3H3,(H,15,17). The molecular weight excluding hydrogens is 232 g/mol. The highest BCUT2D eigenvalue weighted by molar-refractivity contribution is 5.92. The quantitative estimate of drug-likeness (QED) is 0.797. The summed E-state index contributed by atoms with van der Waals surface area (Å²) in [6.45, 7) is 4.88. The summed E-state index contributed by atoms with van der Waals surface area (Å²) in [4.78, 5) is 13.5. The van der Waals surface area contributed by atoms with Crippen LogP contribution in [0.4, 0.5) is 5.88 Å². The summed E-state index contributed by atoms with van der Waals surface area (Å²) in [5, 5.41) is 11.6. The number of amides is 1. The van der Waals surface area contributed by atoms with Crippen molar-refractivity contribution in [1.29, 1.82) is 5.26 Å². The number of rotatable bonds is 5. The lowest BCUT2D eigenvalue weighted by molar-refractivity contribution is -0.117. The van der Waals surface area contributed by atoms with Crippen LogP contribution in [0.25, 0.3) is 0 Å². The van der Waals surface area contributed by atoms with Gasteiger partial charge in [-0.2, -0.15) is 5.26 Å².